The van der Waals surface area contributed by atoms with E-state index in [1.54, 1.807) is 38.8 Å². The van der Waals surface area contributed by atoms with E-state index in [9.17, 15) is 14.7 Å². The van der Waals surface area contributed by atoms with Crippen LogP contribution in [-0.2, 0) is 29.7 Å². The molecule has 2 N–H and O–H groups in total. The van der Waals surface area contributed by atoms with E-state index in [4.69, 9.17) is 9.72 Å². The van der Waals surface area contributed by atoms with Crippen LogP contribution in [0.4, 0.5) is 0 Å². The van der Waals surface area contributed by atoms with Crippen LogP contribution in [0.3, 0.4) is 0 Å². The zero-order valence-electron chi connectivity index (χ0n) is 17.8. The largest absolute Gasteiger partial charge is 0.391 e. The number of benzene rings is 1. The molecule has 2 aromatic heterocycles. The average molecular weight is 412 g/mol. The van der Waals surface area contributed by atoms with Gasteiger partial charge < -0.3 is 29.1 Å². The summed E-state index contributed by atoms with van der Waals surface area (Å²) in [5.74, 6) is 0.764. The Morgan fingerprint density at radius 3 is 2.73 bits per heavy atom. The zero-order valence-corrected chi connectivity index (χ0v) is 17.8. The third kappa shape index (κ3) is 4.51. The third-order valence-electron chi connectivity index (χ3n) is 5.16. The molecular formula is C22H28N4O4. The first kappa shape index (κ1) is 21.9. The number of nitrogens with zero attached hydrogens (tertiary/aromatic N) is 3. The summed E-state index contributed by atoms with van der Waals surface area (Å²) in [5.41, 5.74) is 4.20. The van der Waals surface area contributed by atoms with Gasteiger partial charge in [-0.3, -0.25) is 4.79 Å². The number of ether oxygens (including phenoxy) is 1. The van der Waals surface area contributed by atoms with Gasteiger partial charge in [0.15, 0.2) is 0 Å². The molecule has 0 amide bonds. The van der Waals surface area contributed by atoms with Gasteiger partial charge in [-0.15, -0.1) is 0 Å². The van der Waals surface area contributed by atoms with Crippen molar-refractivity contribution in [3.8, 4) is 11.4 Å². The standard InChI is InChI=1S/C22H28N4O4/c1-14-9-17(12-25(3)22(14)29)21-24-18-10-16(11-23-19(13-27)15(2)28)5-6-20(18)26(21)7-8-30-4/h5-6,9-10,12-13,15,19,23,28H,7-8,11H2,1-4H3. The molecule has 2 unspecified atom stereocenters. The number of aromatic nitrogens is 3. The van der Waals surface area contributed by atoms with E-state index in [0.717, 1.165) is 28.0 Å². The summed E-state index contributed by atoms with van der Waals surface area (Å²) in [5, 5.41) is 12.7. The first-order chi connectivity index (χ1) is 14.3. The molecule has 8 nitrogen and oxygen atoms in total. The summed E-state index contributed by atoms with van der Waals surface area (Å²) in [7, 11) is 3.39. The average Bonchev–Trinajstić information content (AvgIpc) is 3.08. The van der Waals surface area contributed by atoms with Gasteiger partial charge >= 0.3 is 0 Å². The van der Waals surface area contributed by atoms with Crippen LogP contribution in [0.5, 0.6) is 0 Å². The molecule has 0 aliphatic carbocycles. The van der Waals surface area contributed by atoms with Crippen LogP contribution in [0, 0.1) is 6.92 Å². The molecule has 160 valence electrons. The molecule has 0 aliphatic heterocycles. The molecule has 0 bridgehead atoms. The number of aldehydes is 1. The first-order valence-corrected chi connectivity index (χ1v) is 9.88. The van der Waals surface area contributed by atoms with Crippen LogP contribution < -0.4 is 10.9 Å². The van der Waals surface area contributed by atoms with Crippen LogP contribution >= 0.6 is 0 Å². The molecular weight excluding hydrogens is 384 g/mol. The minimum absolute atomic E-state index is 0.0329. The van der Waals surface area contributed by atoms with Crippen LogP contribution in [0.1, 0.15) is 18.1 Å². The zero-order chi connectivity index (χ0) is 21.8. The normalized spacial score (nSPS) is 13.5. The summed E-state index contributed by atoms with van der Waals surface area (Å²) in [4.78, 5) is 28.0. The first-order valence-electron chi connectivity index (χ1n) is 9.88. The highest BCUT2D eigenvalue weighted by Gasteiger charge is 2.16. The topological polar surface area (TPSA) is 98.4 Å². The second-order valence-corrected chi connectivity index (χ2v) is 7.51. The fraction of sp³-hybridized carbons (Fsp3) is 0.409. The maximum atomic E-state index is 12.1. The Kier molecular flexibility index (Phi) is 6.81. The number of imidazole rings is 1. The van der Waals surface area contributed by atoms with Crippen molar-refractivity contribution in [1.29, 1.82) is 0 Å². The van der Waals surface area contributed by atoms with Crippen molar-refractivity contribution in [2.24, 2.45) is 7.05 Å². The highest BCUT2D eigenvalue weighted by Crippen LogP contribution is 2.25. The molecule has 0 radical (unpaired) electrons. The lowest BCUT2D eigenvalue weighted by molar-refractivity contribution is -0.111. The molecule has 3 aromatic rings. The Morgan fingerprint density at radius 1 is 1.33 bits per heavy atom. The lowest BCUT2D eigenvalue weighted by Gasteiger charge is -2.15. The number of rotatable bonds is 9. The predicted octanol–water partition coefficient (Wildman–Crippen LogP) is 1.39. The van der Waals surface area contributed by atoms with Crippen molar-refractivity contribution < 1.29 is 14.6 Å². The molecule has 30 heavy (non-hydrogen) atoms. The van der Waals surface area contributed by atoms with Gasteiger partial charge in [0, 0.05) is 44.6 Å². The van der Waals surface area contributed by atoms with Crippen molar-refractivity contribution in [3.05, 3.63) is 51.9 Å². The Hall–Kier alpha value is -2.81. The highest BCUT2D eigenvalue weighted by molar-refractivity contribution is 5.81. The molecule has 1 aromatic carbocycles. The van der Waals surface area contributed by atoms with Crippen LogP contribution in [0.2, 0.25) is 0 Å². The molecule has 0 fully saturated rings. The number of hydrogen-bond donors (Lipinski definition) is 2. The van der Waals surface area contributed by atoms with Gasteiger partial charge in [-0.05, 0) is 37.6 Å². The number of methoxy groups -OCH3 is 1. The van der Waals surface area contributed by atoms with E-state index in [2.05, 4.69) is 9.88 Å². The summed E-state index contributed by atoms with van der Waals surface area (Å²) >= 11 is 0. The van der Waals surface area contributed by atoms with Crippen molar-refractivity contribution in [1.82, 2.24) is 19.4 Å². The number of aryl methyl sites for hydroxylation is 2. The number of fused-ring (bicyclic) bond motifs is 1. The van der Waals surface area contributed by atoms with Gasteiger partial charge in [0.25, 0.3) is 5.56 Å². The maximum absolute atomic E-state index is 12.1. The smallest absolute Gasteiger partial charge is 0.253 e. The fourth-order valence-electron chi connectivity index (χ4n) is 3.48. The van der Waals surface area contributed by atoms with E-state index in [1.807, 2.05) is 24.3 Å². The lowest BCUT2D eigenvalue weighted by Crippen LogP contribution is -2.39. The number of hydrogen-bond acceptors (Lipinski definition) is 6. The molecule has 2 heterocycles. The molecule has 8 heteroatoms. The predicted molar refractivity (Wildman–Crippen MR) is 115 cm³/mol. The minimum atomic E-state index is -0.765. The van der Waals surface area contributed by atoms with E-state index in [1.165, 1.54) is 0 Å². The van der Waals surface area contributed by atoms with E-state index in [-0.39, 0.29) is 5.56 Å². The summed E-state index contributed by atoms with van der Waals surface area (Å²) in [6, 6.07) is 7.16. The monoisotopic (exact) mass is 412 g/mol. The lowest BCUT2D eigenvalue weighted by atomic mass is 10.1. The summed E-state index contributed by atoms with van der Waals surface area (Å²) in [6.07, 6.45) is 1.74. The minimum Gasteiger partial charge on any atom is -0.391 e. The summed E-state index contributed by atoms with van der Waals surface area (Å²) < 4.78 is 8.92. The quantitative estimate of drug-likeness (QED) is 0.516. The van der Waals surface area contributed by atoms with Gasteiger partial charge in [0.2, 0.25) is 0 Å². The number of carbonyl (C=O) groups is 1. The number of aliphatic hydroxyl groups excluding tert-OH is 1. The molecule has 0 spiro atoms. The molecule has 0 saturated carbocycles. The van der Waals surface area contributed by atoms with E-state index < -0.39 is 12.1 Å². The van der Waals surface area contributed by atoms with Gasteiger partial charge in [0.05, 0.1) is 29.8 Å². The van der Waals surface area contributed by atoms with E-state index in [0.29, 0.717) is 31.5 Å². The van der Waals surface area contributed by atoms with E-state index >= 15 is 0 Å². The number of carbonyl (C=O) groups excluding carboxylic acids is 1. The number of aliphatic hydroxyl groups is 1. The second kappa shape index (κ2) is 9.34. The van der Waals surface area contributed by atoms with Crippen LogP contribution in [0.15, 0.2) is 35.3 Å². The van der Waals surface area contributed by atoms with Crippen molar-refractivity contribution in [2.45, 2.75) is 39.1 Å². The molecule has 2 atom stereocenters. The second-order valence-electron chi connectivity index (χ2n) is 7.51. The molecule has 0 aliphatic rings. The fourth-order valence-corrected chi connectivity index (χ4v) is 3.48. The molecule has 3 rings (SSSR count). The van der Waals surface area contributed by atoms with Crippen LogP contribution in [-0.4, -0.2) is 51.4 Å². The number of pyridine rings is 1. The Morgan fingerprint density at radius 2 is 2.10 bits per heavy atom. The van der Waals surface area contributed by atoms with Gasteiger partial charge in [0.1, 0.15) is 12.1 Å². The Balaban J connectivity index is 2.02. The van der Waals surface area contributed by atoms with Gasteiger partial charge in [-0.25, -0.2) is 4.98 Å². The third-order valence-corrected chi connectivity index (χ3v) is 5.16. The Labute approximate surface area is 175 Å². The van der Waals surface area contributed by atoms with Gasteiger partial charge in [-0.2, -0.15) is 0 Å². The summed E-state index contributed by atoms with van der Waals surface area (Å²) in [6.45, 7) is 4.96. The molecule has 0 saturated heterocycles. The van der Waals surface area contributed by atoms with Crippen LogP contribution in [0.25, 0.3) is 22.4 Å². The van der Waals surface area contributed by atoms with Crippen molar-refractivity contribution in [2.75, 3.05) is 13.7 Å². The van der Waals surface area contributed by atoms with Gasteiger partial charge in [-0.1, -0.05) is 6.07 Å². The highest BCUT2D eigenvalue weighted by atomic mass is 16.5. The van der Waals surface area contributed by atoms with Crippen molar-refractivity contribution >= 4 is 17.3 Å². The maximum Gasteiger partial charge on any atom is 0.253 e. The van der Waals surface area contributed by atoms with Crippen molar-refractivity contribution in [3.63, 3.8) is 0 Å². The SMILES string of the molecule is COCCn1c(-c2cc(C)c(=O)n(C)c2)nc2cc(CNC(C=O)C(C)O)ccc21. The number of nitrogens with one attached hydrogen (secondary N) is 1. The Bertz CT molecular complexity index is 1070.